The number of carbonyl (C=O) groups excluding carboxylic acids is 1. The lowest BCUT2D eigenvalue weighted by molar-refractivity contribution is -0.140. The van der Waals surface area contributed by atoms with Gasteiger partial charge in [0.25, 0.3) is 5.91 Å². The summed E-state index contributed by atoms with van der Waals surface area (Å²) < 4.78 is 41.6. The molecule has 2 N–H and O–H groups in total. The Kier molecular flexibility index (Phi) is 4.17. The van der Waals surface area contributed by atoms with Crippen LogP contribution in [0.2, 0.25) is 0 Å². The molecule has 1 aromatic rings. The molecule has 0 saturated carbocycles. The summed E-state index contributed by atoms with van der Waals surface area (Å²) in [5.74, 6) is -0.266. The van der Waals surface area contributed by atoms with Crippen LogP contribution >= 0.6 is 0 Å². The number of carbonyl (C=O) groups is 1. The summed E-state index contributed by atoms with van der Waals surface area (Å²) in [6, 6.07) is 1.39. The highest BCUT2D eigenvalue weighted by Gasteiger charge is 2.33. The molecule has 17 heavy (non-hydrogen) atoms. The molecular weight excluding hydrogens is 237 g/mol. The van der Waals surface area contributed by atoms with Crippen LogP contribution in [0.3, 0.4) is 0 Å². The molecule has 0 unspecified atom stereocenters. The van der Waals surface area contributed by atoms with Gasteiger partial charge >= 0.3 is 6.18 Å². The smallest absolute Gasteiger partial charge is 0.406 e. The van der Waals surface area contributed by atoms with E-state index in [1.54, 1.807) is 6.92 Å². The van der Waals surface area contributed by atoms with Crippen LogP contribution in [0.4, 0.5) is 13.2 Å². The van der Waals surface area contributed by atoms with Crippen molar-refractivity contribution in [3.05, 3.63) is 23.7 Å². The Morgan fingerprint density at radius 1 is 1.53 bits per heavy atom. The summed E-state index contributed by atoms with van der Waals surface area (Å²) in [7, 11) is 0. The number of amides is 1. The van der Waals surface area contributed by atoms with Crippen molar-refractivity contribution < 1.29 is 22.4 Å². The van der Waals surface area contributed by atoms with Crippen LogP contribution < -0.4 is 5.73 Å². The van der Waals surface area contributed by atoms with E-state index in [1.807, 2.05) is 0 Å². The van der Waals surface area contributed by atoms with E-state index in [0.717, 1.165) is 6.26 Å². The van der Waals surface area contributed by atoms with Gasteiger partial charge in [-0.25, -0.2) is 0 Å². The fourth-order valence-electron chi connectivity index (χ4n) is 1.36. The largest absolute Gasteiger partial charge is 0.469 e. The minimum Gasteiger partial charge on any atom is -0.469 e. The molecular formula is C10H13F3N2O2. The maximum atomic E-state index is 12.3. The van der Waals surface area contributed by atoms with E-state index in [0.29, 0.717) is 10.7 Å². The van der Waals surface area contributed by atoms with Gasteiger partial charge in [0.1, 0.15) is 18.6 Å². The fourth-order valence-corrected chi connectivity index (χ4v) is 1.36. The highest BCUT2D eigenvalue weighted by Crippen LogP contribution is 2.18. The van der Waals surface area contributed by atoms with E-state index in [4.69, 9.17) is 10.2 Å². The Morgan fingerprint density at radius 3 is 2.59 bits per heavy atom. The first kappa shape index (κ1) is 13.6. The second kappa shape index (κ2) is 5.22. The second-order valence-electron chi connectivity index (χ2n) is 3.58. The van der Waals surface area contributed by atoms with Gasteiger partial charge < -0.3 is 15.1 Å². The molecule has 0 fully saturated rings. The summed E-state index contributed by atoms with van der Waals surface area (Å²) in [6.45, 7) is 0.113. The van der Waals surface area contributed by atoms with Crippen molar-refractivity contribution in [2.75, 3.05) is 19.6 Å². The Labute approximate surface area is 96.2 Å². The van der Waals surface area contributed by atoms with Crippen LogP contribution in [0.1, 0.15) is 16.1 Å². The monoisotopic (exact) mass is 250 g/mol. The number of halogens is 3. The molecule has 0 bridgehead atoms. The number of nitrogens with two attached hydrogens (primary N) is 1. The molecule has 1 amide bonds. The Hall–Kier alpha value is -1.50. The third kappa shape index (κ3) is 4.10. The number of furan rings is 1. The first-order chi connectivity index (χ1) is 7.83. The topological polar surface area (TPSA) is 59.5 Å². The number of rotatable bonds is 4. The highest BCUT2D eigenvalue weighted by atomic mass is 19.4. The van der Waals surface area contributed by atoms with Gasteiger partial charge in [0.2, 0.25) is 0 Å². The van der Waals surface area contributed by atoms with E-state index in [-0.39, 0.29) is 18.7 Å². The maximum absolute atomic E-state index is 12.3. The first-order valence-electron chi connectivity index (χ1n) is 4.94. The third-order valence-corrected chi connectivity index (χ3v) is 2.03. The lowest BCUT2D eigenvalue weighted by atomic mass is 10.2. The summed E-state index contributed by atoms with van der Waals surface area (Å²) in [5, 5.41) is 0. The zero-order valence-corrected chi connectivity index (χ0v) is 9.25. The molecule has 0 aromatic carbocycles. The number of hydrogen-bond donors (Lipinski definition) is 1. The number of aryl methyl sites for hydroxylation is 1. The van der Waals surface area contributed by atoms with Crippen LogP contribution in [-0.4, -0.2) is 36.6 Å². The van der Waals surface area contributed by atoms with Crippen LogP contribution in [0.15, 0.2) is 16.7 Å². The predicted octanol–water partition coefficient (Wildman–Crippen LogP) is 1.55. The average molecular weight is 250 g/mol. The van der Waals surface area contributed by atoms with Crippen molar-refractivity contribution in [3.8, 4) is 0 Å². The number of hydrogen-bond acceptors (Lipinski definition) is 3. The van der Waals surface area contributed by atoms with Gasteiger partial charge in [-0.1, -0.05) is 0 Å². The fraction of sp³-hybridized carbons (Fsp3) is 0.500. The molecule has 1 rings (SSSR count). The molecule has 0 radical (unpaired) electrons. The molecule has 0 atom stereocenters. The number of alkyl halides is 3. The van der Waals surface area contributed by atoms with Gasteiger partial charge in [-0.2, -0.15) is 13.2 Å². The third-order valence-electron chi connectivity index (χ3n) is 2.03. The molecule has 0 saturated heterocycles. The molecule has 96 valence electrons. The van der Waals surface area contributed by atoms with E-state index >= 15 is 0 Å². The predicted molar refractivity (Wildman–Crippen MR) is 54.5 cm³/mol. The molecule has 0 aliphatic carbocycles. The molecule has 0 spiro atoms. The van der Waals surface area contributed by atoms with E-state index < -0.39 is 18.6 Å². The number of nitrogens with zero attached hydrogens (tertiary/aromatic N) is 1. The van der Waals surface area contributed by atoms with Gasteiger partial charge in [0.05, 0.1) is 5.56 Å². The van der Waals surface area contributed by atoms with Gasteiger partial charge in [0.15, 0.2) is 0 Å². The van der Waals surface area contributed by atoms with Crippen molar-refractivity contribution >= 4 is 5.91 Å². The highest BCUT2D eigenvalue weighted by molar-refractivity contribution is 5.94. The normalized spacial score (nSPS) is 11.6. The summed E-state index contributed by atoms with van der Waals surface area (Å²) in [4.78, 5) is 12.4. The van der Waals surface area contributed by atoms with Crippen molar-refractivity contribution in [3.63, 3.8) is 0 Å². The van der Waals surface area contributed by atoms with Gasteiger partial charge in [-0.05, 0) is 13.0 Å². The zero-order chi connectivity index (χ0) is 13.1. The molecule has 1 heterocycles. The molecule has 1 aromatic heterocycles. The van der Waals surface area contributed by atoms with E-state index in [2.05, 4.69) is 0 Å². The van der Waals surface area contributed by atoms with E-state index in [9.17, 15) is 18.0 Å². The van der Waals surface area contributed by atoms with Gasteiger partial charge in [0, 0.05) is 13.1 Å². The van der Waals surface area contributed by atoms with Crippen LogP contribution in [0.25, 0.3) is 0 Å². The second-order valence-corrected chi connectivity index (χ2v) is 3.58. The molecule has 4 nitrogen and oxygen atoms in total. The van der Waals surface area contributed by atoms with Crippen molar-refractivity contribution in [2.45, 2.75) is 13.1 Å². The first-order valence-corrected chi connectivity index (χ1v) is 4.94. The minimum absolute atomic E-state index is 0.0291. The standard InChI is InChI=1S/C10H13F3N2O2/c1-7-4-8(5-17-7)9(16)15(3-2-14)6-10(11,12)13/h4-5H,2-3,6,14H2,1H3. The van der Waals surface area contributed by atoms with Crippen LogP contribution in [0.5, 0.6) is 0 Å². The Morgan fingerprint density at radius 2 is 2.18 bits per heavy atom. The molecule has 0 aliphatic heterocycles. The van der Waals surface area contributed by atoms with Gasteiger partial charge in [-0.15, -0.1) is 0 Å². The van der Waals surface area contributed by atoms with Crippen molar-refractivity contribution in [1.82, 2.24) is 4.90 Å². The zero-order valence-electron chi connectivity index (χ0n) is 9.25. The minimum atomic E-state index is -4.44. The summed E-state index contributed by atoms with van der Waals surface area (Å²) in [5.41, 5.74) is 5.28. The maximum Gasteiger partial charge on any atom is 0.406 e. The SMILES string of the molecule is Cc1cc(C(=O)N(CCN)CC(F)(F)F)co1. The van der Waals surface area contributed by atoms with Crippen molar-refractivity contribution in [1.29, 1.82) is 0 Å². The lowest BCUT2D eigenvalue weighted by Crippen LogP contribution is -2.41. The molecule has 7 heteroatoms. The van der Waals surface area contributed by atoms with Crippen molar-refractivity contribution in [2.24, 2.45) is 5.73 Å². The summed E-state index contributed by atoms with van der Waals surface area (Å²) >= 11 is 0. The quantitative estimate of drug-likeness (QED) is 0.882. The average Bonchev–Trinajstić information content (AvgIpc) is 2.61. The lowest BCUT2D eigenvalue weighted by Gasteiger charge is -2.22. The Bertz CT molecular complexity index is 387. The van der Waals surface area contributed by atoms with Crippen LogP contribution in [0, 0.1) is 6.92 Å². The van der Waals surface area contributed by atoms with E-state index in [1.165, 1.54) is 6.07 Å². The van der Waals surface area contributed by atoms with Gasteiger partial charge in [-0.3, -0.25) is 4.79 Å². The Balaban J connectivity index is 2.80. The summed E-state index contributed by atoms with van der Waals surface area (Å²) in [6.07, 6.45) is -3.30. The van der Waals surface area contributed by atoms with Crippen LogP contribution in [-0.2, 0) is 0 Å². The molecule has 0 aliphatic rings.